The van der Waals surface area contributed by atoms with Gasteiger partial charge in [0.25, 0.3) is 0 Å². The molecule has 18 heavy (non-hydrogen) atoms. The quantitative estimate of drug-likeness (QED) is 0.780. The van der Waals surface area contributed by atoms with Crippen LogP contribution >= 0.6 is 0 Å². The molecular formula is C16H32N2. The van der Waals surface area contributed by atoms with E-state index in [0.29, 0.717) is 0 Å². The third-order valence-corrected chi connectivity index (χ3v) is 5.06. The van der Waals surface area contributed by atoms with Crippen molar-refractivity contribution < 1.29 is 0 Å². The average molecular weight is 252 g/mol. The maximum atomic E-state index is 3.56. The maximum absolute atomic E-state index is 3.56. The van der Waals surface area contributed by atoms with Crippen LogP contribution in [0.25, 0.3) is 0 Å². The molecule has 1 aliphatic carbocycles. The molecule has 1 saturated heterocycles. The molecular weight excluding hydrogens is 220 g/mol. The predicted molar refractivity (Wildman–Crippen MR) is 78.9 cm³/mol. The van der Waals surface area contributed by atoms with Crippen LogP contribution in [0.5, 0.6) is 0 Å². The predicted octanol–water partition coefficient (Wildman–Crippen LogP) is 3.28. The van der Waals surface area contributed by atoms with Crippen LogP contribution in [0.3, 0.4) is 0 Å². The molecule has 1 heterocycles. The highest BCUT2D eigenvalue weighted by Gasteiger charge is 2.27. The molecule has 0 spiro atoms. The summed E-state index contributed by atoms with van der Waals surface area (Å²) in [6, 6.07) is 0.814. The van der Waals surface area contributed by atoms with Gasteiger partial charge in [-0.05, 0) is 70.5 Å². The third kappa shape index (κ3) is 3.96. The van der Waals surface area contributed by atoms with E-state index in [9.17, 15) is 0 Å². The van der Waals surface area contributed by atoms with Crippen molar-refractivity contribution in [3.05, 3.63) is 0 Å². The molecule has 2 rings (SSSR count). The molecule has 0 aromatic heterocycles. The van der Waals surface area contributed by atoms with Gasteiger partial charge in [0.15, 0.2) is 0 Å². The van der Waals surface area contributed by atoms with Gasteiger partial charge in [0.1, 0.15) is 0 Å². The Morgan fingerprint density at radius 1 is 1.17 bits per heavy atom. The van der Waals surface area contributed by atoms with Gasteiger partial charge in [-0.3, -0.25) is 0 Å². The van der Waals surface area contributed by atoms with Crippen LogP contribution in [0, 0.1) is 11.8 Å². The molecule has 1 saturated carbocycles. The Hall–Kier alpha value is -0.0800. The van der Waals surface area contributed by atoms with Crippen molar-refractivity contribution in [2.75, 3.05) is 26.2 Å². The molecule has 0 radical (unpaired) electrons. The lowest BCUT2D eigenvalue weighted by atomic mass is 9.94. The van der Waals surface area contributed by atoms with Crippen molar-refractivity contribution in [1.82, 2.24) is 10.2 Å². The normalized spacial score (nSPS) is 27.8. The van der Waals surface area contributed by atoms with Gasteiger partial charge in [-0.15, -0.1) is 0 Å². The number of nitrogens with zero attached hydrogens (tertiary/aromatic N) is 1. The zero-order chi connectivity index (χ0) is 12.8. The van der Waals surface area contributed by atoms with Gasteiger partial charge in [0.05, 0.1) is 0 Å². The molecule has 1 aliphatic heterocycles. The Kier molecular flexibility index (Phi) is 5.97. The summed E-state index contributed by atoms with van der Waals surface area (Å²) in [7, 11) is 0. The van der Waals surface area contributed by atoms with Crippen molar-refractivity contribution in [2.24, 2.45) is 11.8 Å². The second kappa shape index (κ2) is 7.49. The molecule has 2 fully saturated rings. The van der Waals surface area contributed by atoms with E-state index >= 15 is 0 Å². The van der Waals surface area contributed by atoms with E-state index in [-0.39, 0.29) is 0 Å². The number of hydrogen-bond donors (Lipinski definition) is 1. The van der Waals surface area contributed by atoms with Crippen molar-refractivity contribution in [2.45, 2.75) is 64.8 Å². The first-order valence-corrected chi connectivity index (χ1v) is 8.26. The van der Waals surface area contributed by atoms with Gasteiger partial charge >= 0.3 is 0 Å². The smallest absolute Gasteiger partial charge is 0.00953 e. The molecule has 2 heteroatoms. The van der Waals surface area contributed by atoms with Gasteiger partial charge in [0, 0.05) is 12.6 Å². The number of nitrogens with one attached hydrogen (secondary N) is 1. The fourth-order valence-corrected chi connectivity index (χ4v) is 3.90. The Morgan fingerprint density at radius 2 is 1.94 bits per heavy atom. The minimum atomic E-state index is 0.814. The Labute approximate surface area is 114 Å². The maximum Gasteiger partial charge on any atom is 0.00953 e. The van der Waals surface area contributed by atoms with Crippen LogP contribution in [0.1, 0.15) is 58.8 Å². The number of rotatable bonds is 6. The van der Waals surface area contributed by atoms with E-state index in [4.69, 9.17) is 0 Å². The molecule has 0 bridgehead atoms. The van der Waals surface area contributed by atoms with Gasteiger partial charge < -0.3 is 10.2 Å². The minimum absolute atomic E-state index is 0.814. The van der Waals surface area contributed by atoms with Crippen LogP contribution in [-0.4, -0.2) is 37.1 Å². The van der Waals surface area contributed by atoms with Crippen LogP contribution < -0.4 is 5.32 Å². The van der Waals surface area contributed by atoms with Gasteiger partial charge in [-0.25, -0.2) is 0 Å². The molecule has 1 N–H and O–H groups in total. The lowest BCUT2D eigenvalue weighted by molar-refractivity contribution is 0.123. The highest BCUT2D eigenvalue weighted by molar-refractivity contribution is 4.82. The highest BCUT2D eigenvalue weighted by atomic mass is 15.2. The summed E-state index contributed by atoms with van der Waals surface area (Å²) in [6.07, 6.45) is 10.0. The SMILES string of the molecule is CCCN(CC1CCCNC1)C(C)C1CCCC1. The zero-order valence-corrected chi connectivity index (χ0v) is 12.5. The zero-order valence-electron chi connectivity index (χ0n) is 12.5. The van der Waals surface area contributed by atoms with Gasteiger partial charge in [-0.1, -0.05) is 19.8 Å². The number of piperidine rings is 1. The Bertz CT molecular complexity index is 217. The molecule has 2 atom stereocenters. The second-order valence-electron chi connectivity index (χ2n) is 6.49. The summed E-state index contributed by atoms with van der Waals surface area (Å²) in [5.41, 5.74) is 0. The summed E-state index contributed by atoms with van der Waals surface area (Å²) >= 11 is 0. The molecule has 106 valence electrons. The topological polar surface area (TPSA) is 15.3 Å². The Morgan fingerprint density at radius 3 is 2.56 bits per heavy atom. The van der Waals surface area contributed by atoms with Crippen molar-refractivity contribution in [1.29, 1.82) is 0 Å². The first-order chi connectivity index (χ1) is 8.81. The number of hydrogen-bond acceptors (Lipinski definition) is 2. The first kappa shape index (κ1) is 14.3. The molecule has 2 unspecified atom stereocenters. The van der Waals surface area contributed by atoms with Crippen molar-refractivity contribution >= 4 is 0 Å². The highest BCUT2D eigenvalue weighted by Crippen LogP contribution is 2.30. The fourth-order valence-electron chi connectivity index (χ4n) is 3.90. The molecule has 0 aromatic rings. The summed E-state index contributed by atoms with van der Waals surface area (Å²) in [5, 5.41) is 3.56. The van der Waals surface area contributed by atoms with E-state index in [1.807, 2.05) is 0 Å². The van der Waals surface area contributed by atoms with Crippen LogP contribution in [0.15, 0.2) is 0 Å². The lowest BCUT2D eigenvalue weighted by Gasteiger charge is -2.36. The first-order valence-electron chi connectivity index (χ1n) is 8.26. The van der Waals surface area contributed by atoms with E-state index in [1.165, 1.54) is 71.1 Å². The summed E-state index contributed by atoms with van der Waals surface area (Å²) in [6.45, 7) is 9.93. The summed E-state index contributed by atoms with van der Waals surface area (Å²) < 4.78 is 0. The van der Waals surface area contributed by atoms with Crippen molar-refractivity contribution in [3.8, 4) is 0 Å². The van der Waals surface area contributed by atoms with Gasteiger partial charge in [-0.2, -0.15) is 0 Å². The monoisotopic (exact) mass is 252 g/mol. The standard InChI is InChI=1S/C16H32N2/c1-3-11-18(13-15-7-6-10-17-12-15)14(2)16-8-4-5-9-16/h14-17H,3-13H2,1-2H3. The van der Waals surface area contributed by atoms with Gasteiger partial charge in [0.2, 0.25) is 0 Å². The molecule has 2 nitrogen and oxygen atoms in total. The van der Waals surface area contributed by atoms with Crippen LogP contribution in [0.2, 0.25) is 0 Å². The average Bonchev–Trinajstić information content (AvgIpc) is 2.92. The molecule has 0 aromatic carbocycles. The van der Waals surface area contributed by atoms with E-state index in [1.54, 1.807) is 0 Å². The largest absolute Gasteiger partial charge is 0.316 e. The fraction of sp³-hybridized carbons (Fsp3) is 1.00. The van der Waals surface area contributed by atoms with Crippen LogP contribution in [-0.2, 0) is 0 Å². The molecule has 0 amide bonds. The van der Waals surface area contributed by atoms with E-state index in [2.05, 4.69) is 24.1 Å². The second-order valence-corrected chi connectivity index (χ2v) is 6.49. The van der Waals surface area contributed by atoms with E-state index < -0.39 is 0 Å². The lowest BCUT2D eigenvalue weighted by Crippen LogP contribution is -2.44. The molecule has 2 aliphatic rings. The van der Waals surface area contributed by atoms with E-state index in [0.717, 1.165) is 17.9 Å². The summed E-state index contributed by atoms with van der Waals surface area (Å²) in [4.78, 5) is 2.80. The van der Waals surface area contributed by atoms with Crippen LogP contribution in [0.4, 0.5) is 0 Å². The summed E-state index contributed by atoms with van der Waals surface area (Å²) in [5.74, 6) is 1.88. The van der Waals surface area contributed by atoms with Crippen molar-refractivity contribution in [3.63, 3.8) is 0 Å². The minimum Gasteiger partial charge on any atom is -0.316 e. The third-order valence-electron chi connectivity index (χ3n) is 5.06. The Balaban J connectivity index is 1.84.